The average Bonchev–Trinajstić information content (AvgIpc) is 3.00. The number of hydrogen-bond acceptors (Lipinski definition) is 6. The first-order valence-electron chi connectivity index (χ1n) is 14.2. The molecule has 6 heteroatoms. The Kier molecular flexibility index (Phi) is 13.3. The van der Waals surface area contributed by atoms with Crippen molar-refractivity contribution in [2.45, 2.75) is 75.4 Å². The number of nitrogens with zero attached hydrogens (tertiary/aromatic N) is 2. The van der Waals surface area contributed by atoms with Crippen LogP contribution >= 0.6 is 11.8 Å². The number of aromatic nitrogens is 2. The summed E-state index contributed by atoms with van der Waals surface area (Å²) >= 11 is 1.67. The van der Waals surface area contributed by atoms with Crippen molar-refractivity contribution < 1.29 is 5.11 Å². The van der Waals surface area contributed by atoms with Crippen molar-refractivity contribution in [2.75, 3.05) is 10.6 Å². The molecule has 0 radical (unpaired) electrons. The van der Waals surface area contributed by atoms with Crippen molar-refractivity contribution in [1.82, 2.24) is 9.97 Å². The quantitative estimate of drug-likeness (QED) is 0.107. The molecule has 210 valence electrons. The van der Waals surface area contributed by atoms with Crippen molar-refractivity contribution >= 4 is 34.4 Å². The Balaban J connectivity index is 0.00000216. The van der Waals surface area contributed by atoms with Crippen LogP contribution < -0.4 is 10.6 Å². The van der Waals surface area contributed by atoms with E-state index in [-0.39, 0.29) is 12.6 Å². The Morgan fingerprint density at radius 1 is 0.925 bits per heavy atom. The number of unbranched alkanes of at least 4 members (excludes halogenated alkanes) is 1. The number of aliphatic hydroxyl groups is 1. The summed E-state index contributed by atoms with van der Waals surface area (Å²) in [5, 5.41) is 17.9. The van der Waals surface area contributed by atoms with Crippen LogP contribution in [0.2, 0.25) is 0 Å². The van der Waals surface area contributed by atoms with Crippen LogP contribution in [0.25, 0.3) is 10.9 Å². The minimum Gasteiger partial charge on any atom is -0.392 e. The zero-order chi connectivity index (χ0) is 28.6. The van der Waals surface area contributed by atoms with E-state index in [1.165, 1.54) is 0 Å². The highest BCUT2D eigenvalue weighted by molar-refractivity contribution is 7.99. The molecule has 4 rings (SSSR count). The number of rotatable bonds is 14. The summed E-state index contributed by atoms with van der Waals surface area (Å²) in [4.78, 5) is 11.9. The summed E-state index contributed by atoms with van der Waals surface area (Å²) in [5.74, 6) is 1.45. The third-order valence-electron chi connectivity index (χ3n) is 6.33. The van der Waals surface area contributed by atoms with E-state index in [1.54, 1.807) is 11.8 Å². The third kappa shape index (κ3) is 8.97. The Bertz CT molecular complexity index is 1370. The van der Waals surface area contributed by atoms with Gasteiger partial charge in [0.15, 0.2) is 0 Å². The SMILES string of the molecule is C=CCCCC(C/C=C\C)Nc1nc(NCc2ccccc2Sc2ccccc2CO)nc2ccccc12.CC. The zero-order valence-corrected chi connectivity index (χ0v) is 24.8. The molecule has 0 saturated heterocycles. The Labute approximate surface area is 243 Å². The average molecular weight is 555 g/mol. The molecule has 0 saturated carbocycles. The summed E-state index contributed by atoms with van der Waals surface area (Å²) in [7, 11) is 0. The molecule has 0 bridgehead atoms. The molecular formula is C34H42N4OS. The molecule has 40 heavy (non-hydrogen) atoms. The van der Waals surface area contributed by atoms with Crippen molar-refractivity contribution in [3.05, 3.63) is 109 Å². The lowest BCUT2D eigenvalue weighted by Crippen LogP contribution is -2.20. The van der Waals surface area contributed by atoms with E-state index in [0.29, 0.717) is 12.5 Å². The van der Waals surface area contributed by atoms with Gasteiger partial charge in [0.25, 0.3) is 0 Å². The molecule has 3 N–H and O–H groups in total. The number of para-hydroxylation sites is 1. The van der Waals surface area contributed by atoms with Crippen LogP contribution in [0, 0.1) is 0 Å². The molecule has 0 aliphatic rings. The molecule has 1 heterocycles. The molecule has 0 aliphatic carbocycles. The van der Waals surface area contributed by atoms with Crippen LogP contribution in [0.4, 0.5) is 11.8 Å². The van der Waals surface area contributed by atoms with Gasteiger partial charge in [-0.2, -0.15) is 4.98 Å². The first kappa shape index (κ1) is 30.9. The van der Waals surface area contributed by atoms with Crippen molar-refractivity contribution in [1.29, 1.82) is 0 Å². The predicted octanol–water partition coefficient (Wildman–Crippen LogP) is 9.01. The number of hydrogen-bond donors (Lipinski definition) is 3. The van der Waals surface area contributed by atoms with Gasteiger partial charge in [-0.05, 0) is 68.0 Å². The largest absolute Gasteiger partial charge is 0.392 e. The molecule has 0 aliphatic heterocycles. The molecule has 5 nitrogen and oxygen atoms in total. The van der Waals surface area contributed by atoms with Gasteiger partial charge in [-0.1, -0.05) is 92.4 Å². The van der Waals surface area contributed by atoms with E-state index in [4.69, 9.17) is 9.97 Å². The normalized spacial score (nSPS) is 11.6. The number of benzene rings is 3. The van der Waals surface area contributed by atoms with E-state index in [2.05, 4.69) is 54.5 Å². The molecule has 0 spiro atoms. The lowest BCUT2D eigenvalue weighted by Gasteiger charge is -2.20. The molecule has 4 aromatic rings. The van der Waals surface area contributed by atoms with E-state index < -0.39 is 0 Å². The van der Waals surface area contributed by atoms with Gasteiger partial charge < -0.3 is 15.7 Å². The van der Waals surface area contributed by atoms with Crippen LogP contribution in [-0.4, -0.2) is 21.1 Å². The fourth-order valence-corrected chi connectivity index (χ4v) is 5.36. The highest BCUT2D eigenvalue weighted by atomic mass is 32.2. The maximum absolute atomic E-state index is 9.74. The molecule has 0 amide bonds. The Morgan fingerprint density at radius 2 is 1.60 bits per heavy atom. The number of aliphatic hydroxyl groups excluding tert-OH is 1. The van der Waals surface area contributed by atoms with Gasteiger partial charge in [0.05, 0.1) is 12.1 Å². The van der Waals surface area contributed by atoms with Gasteiger partial charge in [-0.25, -0.2) is 4.98 Å². The van der Waals surface area contributed by atoms with Crippen LogP contribution in [-0.2, 0) is 13.2 Å². The molecular weight excluding hydrogens is 512 g/mol. The number of fused-ring (bicyclic) bond motifs is 1. The topological polar surface area (TPSA) is 70.1 Å². The monoisotopic (exact) mass is 554 g/mol. The Hall–Kier alpha value is -3.61. The summed E-state index contributed by atoms with van der Waals surface area (Å²) in [6, 6.07) is 24.7. The standard InChI is InChI=1S/C32H36N4OS.C2H6/c1-3-5-7-17-26(16-6-4-2)34-31-27-18-10-11-19-28(27)35-32(36-31)33-22-24-14-8-12-20-29(24)38-30-21-13-9-15-25(30)23-37;1-2/h3-4,6,8-15,18-21,26,37H,1,5,7,16-17,22-23H2,2H3,(H2,33,34,35,36);1-2H3/b6-4-;. The highest BCUT2D eigenvalue weighted by Gasteiger charge is 2.13. The number of nitrogens with one attached hydrogen (secondary N) is 2. The van der Waals surface area contributed by atoms with Crippen LogP contribution in [0.3, 0.4) is 0 Å². The zero-order valence-electron chi connectivity index (χ0n) is 23.9. The van der Waals surface area contributed by atoms with E-state index >= 15 is 0 Å². The lowest BCUT2D eigenvalue weighted by molar-refractivity contribution is 0.279. The molecule has 0 fully saturated rings. The number of anilines is 2. The van der Waals surface area contributed by atoms with Gasteiger partial charge >= 0.3 is 0 Å². The van der Waals surface area contributed by atoms with Gasteiger partial charge in [-0.3, -0.25) is 0 Å². The second-order valence-electron chi connectivity index (χ2n) is 9.11. The van der Waals surface area contributed by atoms with E-state index in [1.807, 2.05) is 74.5 Å². The van der Waals surface area contributed by atoms with Gasteiger partial charge in [0.2, 0.25) is 5.95 Å². The van der Waals surface area contributed by atoms with E-state index in [9.17, 15) is 5.11 Å². The van der Waals surface area contributed by atoms with E-state index in [0.717, 1.165) is 63.3 Å². The first-order chi connectivity index (χ1) is 19.7. The second kappa shape index (κ2) is 17.2. The third-order valence-corrected chi connectivity index (χ3v) is 7.57. The van der Waals surface area contributed by atoms with Gasteiger partial charge in [-0.15, -0.1) is 6.58 Å². The first-order valence-corrected chi connectivity index (χ1v) is 15.0. The van der Waals surface area contributed by atoms with Crippen LogP contribution in [0.5, 0.6) is 0 Å². The summed E-state index contributed by atoms with van der Waals surface area (Å²) in [5.41, 5.74) is 2.98. The number of allylic oxidation sites excluding steroid dienone is 2. The van der Waals surface area contributed by atoms with Crippen LogP contribution in [0.1, 0.15) is 57.6 Å². The molecule has 1 aromatic heterocycles. The minimum atomic E-state index is 0.0208. The smallest absolute Gasteiger partial charge is 0.225 e. The maximum Gasteiger partial charge on any atom is 0.225 e. The molecule has 1 unspecified atom stereocenters. The fraction of sp³-hybridized carbons (Fsp3) is 0.294. The predicted molar refractivity (Wildman–Crippen MR) is 172 cm³/mol. The second-order valence-corrected chi connectivity index (χ2v) is 10.2. The summed E-state index contributed by atoms with van der Waals surface area (Å²) in [6.07, 6.45) is 10.4. The van der Waals surface area contributed by atoms with Crippen LogP contribution in [0.15, 0.2) is 107 Å². The highest BCUT2D eigenvalue weighted by Crippen LogP contribution is 2.33. The van der Waals surface area contributed by atoms with Gasteiger partial charge in [0.1, 0.15) is 5.82 Å². The molecule has 3 aromatic carbocycles. The molecule has 1 atom stereocenters. The maximum atomic E-state index is 9.74. The van der Waals surface area contributed by atoms with Crippen molar-refractivity contribution in [3.63, 3.8) is 0 Å². The summed E-state index contributed by atoms with van der Waals surface area (Å²) in [6.45, 7) is 10.5. The Morgan fingerprint density at radius 3 is 2.33 bits per heavy atom. The van der Waals surface area contributed by atoms with Crippen molar-refractivity contribution in [2.24, 2.45) is 0 Å². The lowest BCUT2D eigenvalue weighted by atomic mass is 10.1. The van der Waals surface area contributed by atoms with Gasteiger partial charge in [0, 0.05) is 27.8 Å². The van der Waals surface area contributed by atoms with Crippen molar-refractivity contribution in [3.8, 4) is 0 Å². The summed E-state index contributed by atoms with van der Waals surface area (Å²) < 4.78 is 0. The fourth-order valence-electron chi connectivity index (χ4n) is 4.29. The minimum absolute atomic E-state index is 0.0208.